The van der Waals surface area contributed by atoms with Crippen LogP contribution in [0.3, 0.4) is 0 Å². The van der Waals surface area contributed by atoms with E-state index >= 15 is 0 Å². The second-order valence-electron chi connectivity index (χ2n) is 5.25. The van der Waals surface area contributed by atoms with Crippen molar-refractivity contribution in [3.8, 4) is 0 Å². The van der Waals surface area contributed by atoms with Crippen molar-refractivity contribution in [3.05, 3.63) is 28.2 Å². The molecule has 2 aliphatic rings. The van der Waals surface area contributed by atoms with E-state index in [1.165, 1.54) is 22.7 Å². The number of allylic oxidation sites excluding steroid dienone is 1. The summed E-state index contributed by atoms with van der Waals surface area (Å²) in [5.41, 5.74) is 0. The molecule has 4 unspecified atom stereocenters. The Hall–Kier alpha value is -0.670. The van der Waals surface area contributed by atoms with Crippen LogP contribution in [0.4, 0.5) is 0 Å². The van der Waals surface area contributed by atoms with Crippen LogP contribution < -0.4 is 5.32 Å². The van der Waals surface area contributed by atoms with Gasteiger partial charge in [-0.3, -0.25) is 0 Å². The Morgan fingerprint density at radius 3 is 3.18 bits per heavy atom. The van der Waals surface area contributed by atoms with E-state index in [2.05, 4.69) is 36.3 Å². The summed E-state index contributed by atoms with van der Waals surface area (Å²) in [4.78, 5) is 5.91. The molecule has 1 aromatic heterocycles. The molecule has 2 nitrogen and oxygen atoms in total. The number of fused-ring (bicyclic) bond motifs is 1. The first-order chi connectivity index (χ1) is 8.28. The molecule has 0 saturated heterocycles. The molecule has 4 atom stereocenters. The maximum Gasteiger partial charge on any atom is 0.109 e. The van der Waals surface area contributed by atoms with E-state index in [0.717, 1.165) is 18.3 Å². The monoisotopic (exact) mass is 248 g/mol. The van der Waals surface area contributed by atoms with Gasteiger partial charge in [0.25, 0.3) is 0 Å². The van der Waals surface area contributed by atoms with Gasteiger partial charge < -0.3 is 5.32 Å². The zero-order valence-electron chi connectivity index (χ0n) is 10.5. The predicted molar refractivity (Wildman–Crippen MR) is 72.2 cm³/mol. The Kier molecular flexibility index (Phi) is 3.05. The maximum absolute atomic E-state index is 4.52. The van der Waals surface area contributed by atoms with E-state index in [1.807, 2.05) is 17.5 Å². The summed E-state index contributed by atoms with van der Waals surface area (Å²) in [7, 11) is 0. The van der Waals surface area contributed by atoms with Crippen molar-refractivity contribution < 1.29 is 0 Å². The number of nitrogens with zero attached hydrogens (tertiary/aromatic N) is 1. The molecular formula is C14H20N2S. The van der Waals surface area contributed by atoms with Crippen molar-refractivity contribution in [2.45, 2.75) is 45.2 Å². The van der Waals surface area contributed by atoms with E-state index in [4.69, 9.17) is 0 Å². The van der Waals surface area contributed by atoms with E-state index in [1.54, 1.807) is 0 Å². The molecule has 0 bridgehead atoms. The van der Waals surface area contributed by atoms with Crippen molar-refractivity contribution in [3.63, 3.8) is 0 Å². The smallest absolute Gasteiger partial charge is 0.109 e. The van der Waals surface area contributed by atoms with Crippen LogP contribution >= 0.6 is 11.3 Å². The third-order valence-electron chi connectivity index (χ3n) is 4.12. The van der Waals surface area contributed by atoms with E-state index < -0.39 is 0 Å². The van der Waals surface area contributed by atoms with E-state index in [0.29, 0.717) is 12.1 Å². The number of nitrogens with one attached hydrogen (secondary N) is 1. The largest absolute Gasteiger partial charge is 0.305 e. The standard InChI is InChI=1S/C14H20N2S/c1-3-11-8-15-14(17-11)9(2)16-13-7-10-5-4-6-12(10)13/h4,6,8-10,12-13,16H,3,5,7H2,1-2H3. The van der Waals surface area contributed by atoms with Crippen molar-refractivity contribution >= 4 is 11.3 Å². The lowest BCUT2D eigenvalue weighted by Crippen LogP contribution is -2.48. The van der Waals surface area contributed by atoms with Gasteiger partial charge in [0, 0.05) is 17.1 Å². The molecule has 3 rings (SSSR count). The van der Waals surface area contributed by atoms with Gasteiger partial charge in [-0.2, -0.15) is 0 Å². The molecule has 2 aliphatic carbocycles. The van der Waals surface area contributed by atoms with Gasteiger partial charge in [0.15, 0.2) is 0 Å². The SMILES string of the molecule is CCc1cnc(C(C)NC2CC3CC=CC32)s1. The van der Waals surface area contributed by atoms with Gasteiger partial charge in [-0.1, -0.05) is 19.1 Å². The van der Waals surface area contributed by atoms with E-state index in [-0.39, 0.29) is 0 Å². The third kappa shape index (κ3) is 2.06. The number of rotatable bonds is 4. The third-order valence-corrected chi connectivity index (χ3v) is 5.44. The zero-order valence-corrected chi connectivity index (χ0v) is 11.3. The number of hydrogen-bond donors (Lipinski definition) is 1. The summed E-state index contributed by atoms with van der Waals surface area (Å²) in [6.45, 7) is 4.43. The molecule has 0 aliphatic heterocycles. The minimum atomic E-state index is 0.403. The minimum absolute atomic E-state index is 0.403. The number of thiazole rings is 1. The van der Waals surface area contributed by atoms with Crippen LogP contribution in [0.5, 0.6) is 0 Å². The Bertz CT molecular complexity index is 424. The molecule has 3 heteroatoms. The van der Waals surface area contributed by atoms with Crippen LogP contribution in [0, 0.1) is 11.8 Å². The first kappa shape index (κ1) is 11.4. The quantitative estimate of drug-likeness (QED) is 0.827. The van der Waals surface area contributed by atoms with Crippen molar-refractivity contribution in [2.75, 3.05) is 0 Å². The lowest BCUT2D eigenvalue weighted by molar-refractivity contribution is 0.152. The number of aromatic nitrogens is 1. The predicted octanol–water partition coefficient (Wildman–Crippen LogP) is 3.32. The molecule has 0 spiro atoms. The molecule has 1 aromatic rings. The fourth-order valence-corrected chi connectivity index (χ4v) is 3.85. The van der Waals surface area contributed by atoms with Crippen LogP contribution in [-0.2, 0) is 6.42 Å². The Labute approximate surface area is 107 Å². The molecule has 0 aromatic carbocycles. The van der Waals surface area contributed by atoms with Gasteiger partial charge in [0.1, 0.15) is 5.01 Å². The first-order valence-corrected chi connectivity index (χ1v) is 7.47. The lowest BCUT2D eigenvalue weighted by Gasteiger charge is -2.42. The summed E-state index contributed by atoms with van der Waals surface area (Å²) in [5, 5.41) is 4.98. The maximum atomic E-state index is 4.52. The number of hydrogen-bond acceptors (Lipinski definition) is 3. The van der Waals surface area contributed by atoms with Crippen molar-refractivity contribution in [1.29, 1.82) is 0 Å². The summed E-state index contributed by atoms with van der Waals surface area (Å²) in [6, 6.07) is 1.09. The molecule has 1 saturated carbocycles. The molecular weight excluding hydrogens is 228 g/mol. The molecule has 0 amide bonds. The van der Waals surface area contributed by atoms with Gasteiger partial charge in [-0.25, -0.2) is 4.98 Å². The van der Waals surface area contributed by atoms with Crippen molar-refractivity contribution in [2.24, 2.45) is 11.8 Å². The molecule has 1 fully saturated rings. The Morgan fingerprint density at radius 2 is 2.47 bits per heavy atom. The second kappa shape index (κ2) is 4.54. The van der Waals surface area contributed by atoms with E-state index in [9.17, 15) is 0 Å². The van der Waals surface area contributed by atoms with Crippen LogP contribution in [0.2, 0.25) is 0 Å². The molecule has 0 radical (unpaired) electrons. The zero-order chi connectivity index (χ0) is 11.8. The van der Waals surface area contributed by atoms with Crippen LogP contribution in [0.15, 0.2) is 18.3 Å². The highest BCUT2D eigenvalue weighted by atomic mass is 32.1. The summed E-state index contributed by atoms with van der Waals surface area (Å²) in [6.07, 6.45) is 10.5. The van der Waals surface area contributed by atoms with Gasteiger partial charge >= 0.3 is 0 Å². The fourth-order valence-electron chi connectivity index (χ4n) is 2.99. The van der Waals surface area contributed by atoms with Crippen LogP contribution in [0.1, 0.15) is 42.6 Å². The fraction of sp³-hybridized carbons (Fsp3) is 0.643. The Morgan fingerprint density at radius 1 is 1.59 bits per heavy atom. The summed E-state index contributed by atoms with van der Waals surface area (Å²) in [5.74, 6) is 1.73. The van der Waals surface area contributed by atoms with Gasteiger partial charge in [0.2, 0.25) is 0 Å². The highest BCUT2D eigenvalue weighted by Crippen LogP contribution is 2.43. The van der Waals surface area contributed by atoms with Crippen LogP contribution in [-0.4, -0.2) is 11.0 Å². The second-order valence-corrected chi connectivity index (χ2v) is 6.40. The molecule has 1 N–H and O–H groups in total. The minimum Gasteiger partial charge on any atom is -0.305 e. The van der Waals surface area contributed by atoms with Gasteiger partial charge in [-0.05, 0) is 38.0 Å². The number of aryl methyl sites for hydroxylation is 1. The normalized spacial score (nSPS) is 32.2. The average Bonchev–Trinajstić information content (AvgIpc) is 2.92. The summed E-state index contributed by atoms with van der Waals surface area (Å²) >= 11 is 1.85. The molecule has 92 valence electrons. The molecule has 1 heterocycles. The van der Waals surface area contributed by atoms with Gasteiger partial charge in [0.05, 0.1) is 6.04 Å². The highest BCUT2D eigenvalue weighted by molar-refractivity contribution is 7.11. The first-order valence-electron chi connectivity index (χ1n) is 6.65. The summed E-state index contributed by atoms with van der Waals surface area (Å²) < 4.78 is 0. The van der Waals surface area contributed by atoms with Crippen molar-refractivity contribution in [1.82, 2.24) is 10.3 Å². The average molecular weight is 248 g/mol. The highest BCUT2D eigenvalue weighted by Gasteiger charge is 2.41. The topological polar surface area (TPSA) is 24.9 Å². The lowest BCUT2D eigenvalue weighted by atomic mass is 9.71. The molecule has 17 heavy (non-hydrogen) atoms. The van der Waals surface area contributed by atoms with Gasteiger partial charge in [-0.15, -0.1) is 11.3 Å². The van der Waals surface area contributed by atoms with Crippen LogP contribution in [0.25, 0.3) is 0 Å². The Balaban J connectivity index is 1.60.